The number of sulfone groups is 1. The second kappa shape index (κ2) is 5.81. The number of carbonyl (C=O) groups excluding carboxylic acids is 1. The number of aliphatic hydroxyl groups excluding tert-OH is 1. The van der Waals surface area contributed by atoms with E-state index < -0.39 is 21.4 Å². The minimum atomic E-state index is -3.58. The third kappa shape index (κ3) is 2.74. The minimum Gasteiger partial charge on any atom is -0.392 e. The molecule has 3 atom stereocenters. The first kappa shape index (κ1) is 17.4. The van der Waals surface area contributed by atoms with Crippen molar-refractivity contribution in [3.05, 3.63) is 47.4 Å². The van der Waals surface area contributed by atoms with E-state index in [0.29, 0.717) is 17.9 Å². The molecule has 130 valence electrons. The Balaban J connectivity index is 1.80. The third-order valence-corrected chi connectivity index (χ3v) is 7.80. The quantitative estimate of drug-likeness (QED) is 0.656. The van der Waals surface area contributed by atoms with E-state index in [0.717, 1.165) is 24.3 Å². The van der Waals surface area contributed by atoms with Gasteiger partial charge in [-0.1, -0.05) is 44.2 Å². The maximum absolute atomic E-state index is 12.6. The van der Waals surface area contributed by atoms with Gasteiger partial charge < -0.3 is 5.11 Å². The van der Waals surface area contributed by atoms with Gasteiger partial charge in [0.25, 0.3) is 0 Å². The Morgan fingerprint density at radius 3 is 2.50 bits per heavy atom. The summed E-state index contributed by atoms with van der Waals surface area (Å²) in [4.78, 5) is 12.1. The molecule has 0 aliphatic heterocycles. The van der Waals surface area contributed by atoms with Crippen molar-refractivity contribution in [2.24, 2.45) is 16.7 Å². The number of hydrogen-bond acceptors (Lipinski definition) is 4. The van der Waals surface area contributed by atoms with Gasteiger partial charge in [0.15, 0.2) is 15.6 Å². The molecule has 1 N–H and O–H groups in total. The van der Waals surface area contributed by atoms with Gasteiger partial charge in [-0.3, -0.25) is 4.79 Å². The van der Waals surface area contributed by atoms with Crippen LogP contribution in [0.2, 0.25) is 0 Å². The Labute approximate surface area is 143 Å². The van der Waals surface area contributed by atoms with Crippen LogP contribution in [0.4, 0.5) is 0 Å². The number of ketones is 1. The van der Waals surface area contributed by atoms with Crippen molar-refractivity contribution in [3.8, 4) is 0 Å². The molecule has 4 nitrogen and oxygen atoms in total. The smallest absolute Gasteiger partial charge is 0.186 e. The maximum Gasteiger partial charge on any atom is 0.186 e. The molecule has 24 heavy (non-hydrogen) atoms. The number of benzene rings is 1. The highest BCUT2D eigenvalue weighted by Gasteiger charge is 2.64. The first-order valence-corrected chi connectivity index (χ1v) is 10.1. The molecule has 0 unspecified atom stereocenters. The molecule has 2 bridgehead atoms. The topological polar surface area (TPSA) is 71.4 Å². The Kier molecular flexibility index (Phi) is 4.21. The lowest BCUT2D eigenvalue weighted by Crippen LogP contribution is -2.44. The summed E-state index contributed by atoms with van der Waals surface area (Å²) in [6.45, 7) is 4.13. The second-order valence-corrected chi connectivity index (χ2v) is 9.59. The van der Waals surface area contributed by atoms with E-state index >= 15 is 0 Å². The summed E-state index contributed by atoms with van der Waals surface area (Å²) >= 11 is 0. The highest BCUT2D eigenvalue weighted by atomic mass is 32.2. The first-order chi connectivity index (χ1) is 11.2. The van der Waals surface area contributed by atoms with E-state index in [1.807, 2.05) is 0 Å². The Hall–Kier alpha value is -1.46. The molecule has 2 saturated carbocycles. The Morgan fingerprint density at radius 1 is 1.29 bits per heavy atom. The van der Waals surface area contributed by atoms with Crippen LogP contribution in [-0.2, 0) is 9.84 Å². The van der Waals surface area contributed by atoms with Crippen molar-refractivity contribution >= 4 is 15.6 Å². The minimum absolute atomic E-state index is 0.0940. The summed E-state index contributed by atoms with van der Waals surface area (Å²) in [6.07, 6.45) is 2.91. The summed E-state index contributed by atoms with van der Waals surface area (Å²) in [7, 11) is -3.58. The normalized spacial score (nSPS) is 31.6. The number of carbonyl (C=O) groups is 1. The van der Waals surface area contributed by atoms with Crippen LogP contribution >= 0.6 is 0 Å². The summed E-state index contributed by atoms with van der Waals surface area (Å²) in [6, 6.07) is 8.60. The van der Waals surface area contributed by atoms with Gasteiger partial charge in [-0.15, -0.1) is 0 Å². The zero-order valence-corrected chi connectivity index (χ0v) is 14.9. The zero-order valence-electron chi connectivity index (χ0n) is 14.1. The molecule has 2 aliphatic rings. The SMILES string of the molecule is CC1(C)[C@@H]2CC[C@@]1(CS(=O)(=O)/C=C/C(=O)c1ccccc1)[C@H](O)C2. The summed E-state index contributed by atoms with van der Waals surface area (Å²) < 4.78 is 25.2. The first-order valence-electron chi connectivity index (χ1n) is 8.36. The molecule has 0 heterocycles. The van der Waals surface area contributed by atoms with Crippen LogP contribution < -0.4 is 0 Å². The van der Waals surface area contributed by atoms with E-state index in [-0.39, 0.29) is 17.0 Å². The highest BCUT2D eigenvalue weighted by molar-refractivity contribution is 7.94. The largest absolute Gasteiger partial charge is 0.392 e. The van der Waals surface area contributed by atoms with Crippen LogP contribution in [0.5, 0.6) is 0 Å². The lowest BCUT2D eigenvalue weighted by Gasteiger charge is -2.39. The molecular formula is C19H24O4S. The van der Waals surface area contributed by atoms with E-state index in [4.69, 9.17) is 0 Å². The van der Waals surface area contributed by atoms with Gasteiger partial charge in [0.2, 0.25) is 0 Å². The van der Waals surface area contributed by atoms with Crippen molar-refractivity contribution in [1.82, 2.24) is 0 Å². The van der Waals surface area contributed by atoms with Crippen LogP contribution in [0.3, 0.4) is 0 Å². The average molecular weight is 348 g/mol. The van der Waals surface area contributed by atoms with Crippen LogP contribution in [-0.4, -0.2) is 31.2 Å². The fourth-order valence-corrected chi connectivity index (χ4v) is 6.50. The summed E-state index contributed by atoms with van der Waals surface area (Å²) in [5, 5.41) is 11.5. The molecule has 2 fully saturated rings. The van der Waals surface area contributed by atoms with E-state index in [9.17, 15) is 18.3 Å². The lowest BCUT2D eigenvalue weighted by atomic mass is 9.70. The van der Waals surface area contributed by atoms with E-state index in [1.165, 1.54) is 0 Å². The molecule has 1 aromatic carbocycles. The molecule has 5 heteroatoms. The Bertz CT molecular complexity index is 764. The number of hydrogen-bond donors (Lipinski definition) is 1. The second-order valence-electron chi connectivity index (χ2n) is 7.71. The van der Waals surface area contributed by atoms with Crippen molar-refractivity contribution in [1.29, 1.82) is 0 Å². The van der Waals surface area contributed by atoms with Crippen LogP contribution in [0.1, 0.15) is 43.5 Å². The fourth-order valence-electron chi connectivity index (χ4n) is 4.65. The molecule has 2 aliphatic carbocycles. The predicted molar refractivity (Wildman–Crippen MR) is 93.3 cm³/mol. The van der Waals surface area contributed by atoms with Gasteiger partial charge in [0, 0.05) is 16.4 Å². The van der Waals surface area contributed by atoms with Crippen LogP contribution in [0, 0.1) is 16.7 Å². The zero-order chi connectivity index (χ0) is 17.6. The third-order valence-electron chi connectivity index (χ3n) is 6.33. The average Bonchev–Trinajstić information content (AvgIpc) is 2.87. The lowest BCUT2D eigenvalue weighted by molar-refractivity contribution is 0.0155. The molecule has 1 aromatic rings. The molecule has 3 rings (SSSR count). The summed E-state index contributed by atoms with van der Waals surface area (Å²) in [5.74, 6) is -0.0479. The van der Waals surface area contributed by atoms with Crippen molar-refractivity contribution < 1.29 is 18.3 Å². The number of rotatable bonds is 5. The van der Waals surface area contributed by atoms with Gasteiger partial charge >= 0.3 is 0 Å². The number of allylic oxidation sites excluding steroid dienone is 1. The molecule has 0 aromatic heterocycles. The van der Waals surface area contributed by atoms with E-state index in [2.05, 4.69) is 13.8 Å². The van der Waals surface area contributed by atoms with Crippen molar-refractivity contribution in [2.45, 2.75) is 39.2 Å². The van der Waals surface area contributed by atoms with E-state index in [1.54, 1.807) is 30.3 Å². The van der Waals surface area contributed by atoms with Gasteiger partial charge in [-0.25, -0.2) is 8.42 Å². The van der Waals surface area contributed by atoms with Crippen molar-refractivity contribution in [3.63, 3.8) is 0 Å². The predicted octanol–water partition coefficient (Wildman–Crippen LogP) is 2.99. The van der Waals surface area contributed by atoms with Gasteiger partial charge in [0.1, 0.15) is 0 Å². The monoisotopic (exact) mass is 348 g/mol. The van der Waals surface area contributed by atoms with Gasteiger partial charge in [0.05, 0.1) is 11.9 Å². The van der Waals surface area contributed by atoms with Crippen LogP contribution in [0.15, 0.2) is 41.8 Å². The standard InChI is InChI=1S/C19H24O4S/c1-18(2)15-8-10-19(18,17(21)12-15)13-24(22,23)11-9-16(20)14-6-4-3-5-7-14/h3-7,9,11,15,17,21H,8,10,12-13H2,1-2H3/b11-9+/t15-,17-,19-/m1/s1. The number of aliphatic hydroxyl groups is 1. The molecule has 0 radical (unpaired) electrons. The fraction of sp³-hybridized carbons (Fsp3) is 0.526. The molecular weight excluding hydrogens is 324 g/mol. The molecule has 0 spiro atoms. The molecule has 0 saturated heterocycles. The van der Waals surface area contributed by atoms with Gasteiger partial charge in [-0.05, 0) is 36.7 Å². The maximum atomic E-state index is 12.6. The Morgan fingerprint density at radius 2 is 1.96 bits per heavy atom. The van der Waals surface area contributed by atoms with Gasteiger partial charge in [-0.2, -0.15) is 0 Å². The van der Waals surface area contributed by atoms with Crippen LogP contribution in [0.25, 0.3) is 0 Å². The number of fused-ring (bicyclic) bond motifs is 2. The summed E-state index contributed by atoms with van der Waals surface area (Å²) in [5.41, 5.74) is -0.336. The highest BCUT2D eigenvalue weighted by Crippen LogP contribution is 2.66. The van der Waals surface area contributed by atoms with Crippen molar-refractivity contribution in [2.75, 3.05) is 5.75 Å². The molecule has 0 amide bonds.